The summed E-state index contributed by atoms with van der Waals surface area (Å²) in [4.78, 5) is 15.3. The zero-order valence-electron chi connectivity index (χ0n) is 14.4. The molecule has 1 aliphatic carbocycles. The van der Waals surface area contributed by atoms with Gasteiger partial charge in [0.1, 0.15) is 10.0 Å². The molecule has 0 amide bonds. The van der Waals surface area contributed by atoms with E-state index in [1.165, 1.54) is 0 Å². The van der Waals surface area contributed by atoms with Crippen LogP contribution in [-0.4, -0.2) is 19.2 Å². The molecule has 0 N–H and O–H groups in total. The van der Waals surface area contributed by atoms with Gasteiger partial charge in [-0.15, -0.1) is 0 Å². The summed E-state index contributed by atoms with van der Waals surface area (Å²) >= 11 is 5.98. The monoisotopic (exact) mass is 467 g/mol. The summed E-state index contributed by atoms with van der Waals surface area (Å²) in [6.45, 7) is -0.445. The number of aromatic nitrogens is 4. The molecule has 30 heavy (non-hydrogen) atoms. The van der Waals surface area contributed by atoms with Gasteiger partial charge in [-0.25, -0.2) is 9.67 Å². The zero-order chi connectivity index (χ0) is 22.0. The predicted octanol–water partition coefficient (Wildman–Crippen LogP) is 4.32. The number of thiazole rings is 1. The predicted molar refractivity (Wildman–Crippen MR) is 92.1 cm³/mol. The van der Waals surface area contributed by atoms with Gasteiger partial charge in [-0.1, -0.05) is 22.9 Å². The molecule has 0 aromatic carbocycles. The average molecular weight is 468 g/mol. The van der Waals surface area contributed by atoms with Gasteiger partial charge in [-0.2, -0.15) is 36.7 Å². The fourth-order valence-electron chi connectivity index (χ4n) is 3.10. The fraction of sp³-hybridized carbons (Fsp3) is 0.375. The van der Waals surface area contributed by atoms with Gasteiger partial charge in [0.25, 0.3) is 5.56 Å². The number of hydrogen-bond acceptors (Lipinski definition) is 5. The molecule has 0 spiro atoms. The lowest BCUT2D eigenvalue weighted by molar-refractivity contribution is -0.141. The van der Waals surface area contributed by atoms with E-state index in [0.29, 0.717) is 6.07 Å². The SMILES string of the molecule is N#C[C@H]1C[C@H]1c1c(C(F)(F)F)sc2nc(Cn3nc(C(F)(F)F)cc3Cl)cc(=O)n12. The maximum atomic E-state index is 13.5. The molecule has 2 atom stereocenters. The van der Waals surface area contributed by atoms with Gasteiger partial charge in [-0.05, 0) is 6.42 Å². The van der Waals surface area contributed by atoms with Gasteiger partial charge in [0.15, 0.2) is 10.7 Å². The van der Waals surface area contributed by atoms with Crippen molar-refractivity contribution in [2.75, 3.05) is 0 Å². The molecule has 3 aromatic rings. The van der Waals surface area contributed by atoms with E-state index in [0.717, 1.165) is 15.1 Å². The molecule has 1 fully saturated rings. The van der Waals surface area contributed by atoms with Crippen molar-refractivity contribution in [2.24, 2.45) is 5.92 Å². The van der Waals surface area contributed by atoms with Gasteiger partial charge in [0.05, 0.1) is 29.9 Å². The summed E-state index contributed by atoms with van der Waals surface area (Å²) < 4.78 is 80.3. The molecule has 0 radical (unpaired) electrons. The fourth-order valence-corrected chi connectivity index (χ4v) is 4.39. The maximum absolute atomic E-state index is 13.5. The van der Waals surface area contributed by atoms with Gasteiger partial charge < -0.3 is 0 Å². The second kappa shape index (κ2) is 6.71. The third-order valence-corrected chi connectivity index (χ3v) is 5.91. The van der Waals surface area contributed by atoms with Crippen LogP contribution in [0.15, 0.2) is 16.9 Å². The Morgan fingerprint density at radius 3 is 2.47 bits per heavy atom. The van der Waals surface area contributed by atoms with Crippen LogP contribution in [0.4, 0.5) is 26.3 Å². The van der Waals surface area contributed by atoms with Crippen molar-refractivity contribution in [2.45, 2.75) is 31.2 Å². The van der Waals surface area contributed by atoms with Crippen molar-refractivity contribution in [1.82, 2.24) is 19.2 Å². The third-order valence-electron chi connectivity index (χ3n) is 4.51. The first-order chi connectivity index (χ1) is 13.9. The first kappa shape index (κ1) is 20.7. The molecule has 14 heteroatoms. The molecule has 1 aliphatic rings. The quantitative estimate of drug-likeness (QED) is 0.538. The molecule has 0 bridgehead atoms. The number of fused-ring (bicyclic) bond motifs is 1. The number of halogens is 7. The second-order valence-electron chi connectivity index (χ2n) is 6.60. The molecule has 0 saturated heterocycles. The van der Waals surface area contributed by atoms with E-state index >= 15 is 0 Å². The minimum absolute atomic E-state index is 0.104. The summed E-state index contributed by atoms with van der Waals surface area (Å²) in [6, 6.07) is 3.39. The first-order valence-electron chi connectivity index (χ1n) is 8.23. The molecular weight excluding hydrogens is 460 g/mol. The van der Waals surface area contributed by atoms with Crippen LogP contribution in [-0.2, 0) is 18.9 Å². The molecule has 3 heterocycles. The van der Waals surface area contributed by atoms with E-state index in [4.69, 9.17) is 16.9 Å². The summed E-state index contributed by atoms with van der Waals surface area (Å²) in [5, 5.41) is 11.9. The van der Waals surface area contributed by atoms with Crippen LogP contribution in [0.1, 0.15) is 34.3 Å². The van der Waals surface area contributed by atoms with Crippen LogP contribution in [0.3, 0.4) is 0 Å². The minimum Gasteiger partial charge on any atom is -0.269 e. The molecule has 3 aromatic heterocycles. The minimum atomic E-state index is -4.75. The molecule has 6 nitrogen and oxygen atoms in total. The van der Waals surface area contributed by atoms with Crippen LogP contribution in [0, 0.1) is 17.2 Å². The van der Waals surface area contributed by atoms with E-state index in [9.17, 15) is 31.1 Å². The highest BCUT2D eigenvalue weighted by Crippen LogP contribution is 2.52. The molecule has 158 valence electrons. The molecule has 0 aliphatic heterocycles. The van der Waals surface area contributed by atoms with Crippen LogP contribution < -0.4 is 5.56 Å². The van der Waals surface area contributed by atoms with Crippen molar-refractivity contribution in [3.63, 3.8) is 0 Å². The number of rotatable bonds is 3. The Morgan fingerprint density at radius 2 is 1.93 bits per heavy atom. The summed E-state index contributed by atoms with van der Waals surface area (Å²) in [5.41, 5.74) is -2.50. The topological polar surface area (TPSA) is 76.0 Å². The smallest absolute Gasteiger partial charge is 0.269 e. The highest BCUT2D eigenvalue weighted by Gasteiger charge is 2.48. The van der Waals surface area contributed by atoms with Gasteiger partial charge in [0.2, 0.25) is 0 Å². The Bertz CT molecular complexity index is 1250. The van der Waals surface area contributed by atoms with Crippen molar-refractivity contribution in [3.05, 3.63) is 49.6 Å². The normalized spacial score (nSPS) is 19.3. The Kier molecular flexibility index (Phi) is 4.62. The van der Waals surface area contributed by atoms with E-state index in [1.807, 2.05) is 6.07 Å². The Morgan fingerprint density at radius 1 is 1.23 bits per heavy atom. The van der Waals surface area contributed by atoms with Crippen LogP contribution in [0.2, 0.25) is 5.15 Å². The lowest BCUT2D eigenvalue weighted by Gasteiger charge is -2.07. The standard InChI is InChI=1S/C16H8ClF6N5OS/c17-10-3-9(15(18,19)20)26-27(10)5-7-2-11(29)28-12(8-1-6(8)4-24)13(16(21,22)23)30-14(28)25-7/h2-3,6,8H,1,5H2/t6-,8-/m1/s1. The summed E-state index contributed by atoms with van der Waals surface area (Å²) in [5.74, 6) is -1.36. The number of alkyl halides is 6. The summed E-state index contributed by atoms with van der Waals surface area (Å²) in [7, 11) is 0. The van der Waals surface area contributed by atoms with E-state index in [2.05, 4.69) is 10.1 Å². The van der Waals surface area contributed by atoms with Crippen LogP contribution in [0.5, 0.6) is 0 Å². The largest absolute Gasteiger partial charge is 0.435 e. The molecule has 0 unspecified atom stereocenters. The van der Waals surface area contributed by atoms with Gasteiger partial charge in [0, 0.05) is 18.1 Å². The van der Waals surface area contributed by atoms with Crippen molar-refractivity contribution < 1.29 is 26.3 Å². The Hall–Kier alpha value is -2.59. The Balaban J connectivity index is 1.80. The number of nitrogens with zero attached hydrogens (tertiary/aromatic N) is 5. The van der Waals surface area contributed by atoms with Crippen LogP contribution >= 0.6 is 22.9 Å². The first-order valence-corrected chi connectivity index (χ1v) is 9.42. The average Bonchev–Trinajstić information content (AvgIpc) is 3.14. The van der Waals surface area contributed by atoms with Gasteiger partial charge >= 0.3 is 12.4 Å². The van der Waals surface area contributed by atoms with E-state index < -0.39 is 46.9 Å². The third kappa shape index (κ3) is 3.54. The second-order valence-corrected chi connectivity index (χ2v) is 7.97. The highest BCUT2D eigenvalue weighted by molar-refractivity contribution is 7.17. The van der Waals surface area contributed by atoms with E-state index in [-0.39, 0.29) is 39.3 Å². The maximum Gasteiger partial charge on any atom is 0.435 e. The van der Waals surface area contributed by atoms with Crippen molar-refractivity contribution in [1.29, 1.82) is 5.26 Å². The Labute approximate surface area is 171 Å². The van der Waals surface area contributed by atoms with Crippen LogP contribution in [0.25, 0.3) is 4.96 Å². The zero-order valence-corrected chi connectivity index (χ0v) is 16.0. The number of nitriles is 1. The lowest BCUT2D eigenvalue weighted by Crippen LogP contribution is -2.19. The van der Waals surface area contributed by atoms with Crippen molar-refractivity contribution >= 4 is 27.9 Å². The van der Waals surface area contributed by atoms with E-state index in [1.54, 1.807) is 0 Å². The summed E-state index contributed by atoms with van der Waals surface area (Å²) in [6.07, 6.45) is -9.30. The van der Waals surface area contributed by atoms with Gasteiger partial charge in [-0.3, -0.25) is 9.20 Å². The number of hydrogen-bond donors (Lipinski definition) is 0. The molecule has 1 saturated carbocycles. The lowest BCUT2D eigenvalue weighted by atomic mass is 10.2. The highest BCUT2D eigenvalue weighted by atomic mass is 35.5. The van der Waals surface area contributed by atoms with Crippen molar-refractivity contribution in [3.8, 4) is 6.07 Å². The molecule has 4 rings (SSSR count). The molecular formula is C16H8ClF6N5OS.